The topological polar surface area (TPSA) is 18.5 Å². The maximum absolute atomic E-state index is 5.58. The second-order valence-electron chi connectivity index (χ2n) is 3.77. The molecule has 0 unspecified atom stereocenters. The molecule has 1 aliphatic rings. The Morgan fingerprint density at radius 2 is 2.00 bits per heavy atom. The first-order valence-corrected chi connectivity index (χ1v) is 5.30. The summed E-state index contributed by atoms with van der Waals surface area (Å²) in [5.74, 6) is 0. The summed E-state index contributed by atoms with van der Waals surface area (Å²) < 4.78 is 11.1. The molecule has 15 heavy (non-hydrogen) atoms. The first-order valence-electron chi connectivity index (χ1n) is 5.30. The van der Waals surface area contributed by atoms with Crippen molar-refractivity contribution in [2.45, 2.75) is 25.7 Å². The van der Waals surface area contributed by atoms with Gasteiger partial charge in [0.1, 0.15) is 0 Å². The van der Waals surface area contributed by atoms with Gasteiger partial charge in [-0.1, -0.05) is 42.5 Å². The average Bonchev–Trinajstić information content (AvgIpc) is 2.66. The van der Waals surface area contributed by atoms with Crippen molar-refractivity contribution in [3.63, 3.8) is 0 Å². The van der Waals surface area contributed by atoms with Crippen LogP contribution in [0.4, 0.5) is 0 Å². The number of benzene rings is 1. The molecule has 0 amide bonds. The van der Waals surface area contributed by atoms with Gasteiger partial charge in [0, 0.05) is 0 Å². The minimum atomic E-state index is 0.128. The van der Waals surface area contributed by atoms with Gasteiger partial charge in [-0.25, -0.2) is 0 Å². The predicted molar refractivity (Wildman–Crippen MR) is 59.6 cm³/mol. The molecule has 0 saturated carbocycles. The molecule has 80 valence electrons. The standard InChI is InChI=1S/C13H16O2/c1-11-7-8-13(15-11)10-14-9-12-5-3-2-4-6-12/h2-8,11,13H,9-10H2,1H3/t11-,13-/m0/s1. The van der Waals surface area contributed by atoms with Crippen LogP contribution in [0, 0.1) is 0 Å². The highest BCUT2D eigenvalue weighted by Gasteiger charge is 2.14. The van der Waals surface area contributed by atoms with E-state index in [0.717, 1.165) is 0 Å². The van der Waals surface area contributed by atoms with Gasteiger partial charge in [-0.2, -0.15) is 0 Å². The van der Waals surface area contributed by atoms with E-state index in [1.807, 2.05) is 25.1 Å². The molecule has 1 heterocycles. The third kappa shape index (κ3) is 3.18. The van der Waals surface area contributed by atoms with Crippen molar-refractivity contribution in [3.05, 3.63) is 48.0 Å². The van der Waals surface area contributed by atoms with E-state index in [9.17, 15) is 0 Å². The summed E-state index contributed by atoms with van der Waals surface area (Å²) in [4.78, 5) is 0. The van der Waals surface area contributed by atoms with E-state index >= 15 is 0 Å². The molecule has 1 aromatic carbocycles. The molecule has 0 spiro atoms. The van der Waals surface area contributed by atoms with Gasteiger partial charge in [-0.3, -0.25) is 0 Å². The van der Waals surface area contributed by atoms with Crippen LogP contribution in [0.3, 0.4) is 0 Å². The molecule has 2 rings (SSSR count). The molecule has 2 nitrogen and oxygen atoms in total. The normalized spacial score (nSPS) is 24.6. The summed E-state index contributed by atoms with van der Waals surface area (Å²) in [5, 5.41) is 0. The van der Waals surface area contributed by atoms with Crippen LogP contribution in [-0.4, -0.2) is 18.8 Å². The Hall–Kier alpha value is -1.12. The van der Waals surface area contributed by atoms with Crippen molar-refractivity contribution in [1.82, 2.24) is 0 Å². The number of rotatable bonds is 4. The Balaban J connectivity index is 1.70. The molecule has 0 saturated heterocycles. The summed E-state index contributed by atoms with van der Waals surface area (Å²) in [5.41, 5.74) is 1.20. The van der Waals surface area contributed by atoms with Crippen molar-refractivity contribution in [2.75, 3.05) is 6.61 Å². The Morgan fingerprint density at radius 3 is 2.67 bits per heavy atom. The fraction of sp³-hybridized carbons (Fsp3) is 0.385. The van der Waals surface area contributed by atoms with E-state index in [4.69, 9.17) is 9.47 Å². The first-order chi connectivity index (χ1) is 7.34. The maximum atomic E-state index is 5.58. The Kier molecular flexibility index (Phi) is 3.54. The molecule has 0 fully saturated rings. The van der Waals surface area contributed by atoms with Gasteiger partial charge >= 0.3 is 0 Å². The molecule has 1 aromatic rings. The molecule has 0 aromatic heterocycles. The van der Waals surface area contributed by atoms with E-state index in [2.05, 4.69) is 24.3 Å². The fourth-order valence-corrected chi connectivity index (χ4v) is 1.61. The number of hydrogen-bond donors (Lipinski definition) is 0. The summed E-state index contributed by atoms with van der Waals surface area (Å²) in [7, 11) is 0. The largest absolute Gasteiger partial charge is 0.374 e. The number of ether oxygens (including phenoxy) is 2. The molecule has 2 atom stereocenters. The van der Waals surface area contributed by atoms with Crippen molar-refractivity contribution < 1.29 is 9.47 Å². The van der Waals surface area contributed by atoms with Crippen molar-refractivity contribution in [2.24, 2.45) is 0 Å². The average molecular weight is 204 g/mol. The van der Waals surface area contributed by atoms with E-state index in [-0.39, 0.29) is 12.2 Å². The lowest BCUT2D eigenvalue weighted by Crippen LogP contribution is -2.16. The Labute approximate surface area is 90.5 Å². The molecule has 0 N–H and O–H groups in total. The summed E-state index contributed by atoms with van der Waals surface area (Å²) in [6.45, 7) is 3.33. The van der Waals surface area contributed by atoms with E-state index in [1.54, 1.807) is 0 Å². The van der Waals surface area contributed by atoms with E-state index in [1.165, 1.54) is 5.56 Å². The molecular formula is C13H16O2. The van der Waals surface area contributed by atoms with Crippen LogP contribution in [0.2, 0.25) is 0 Å². The zero-order chi connectivity index (χ0) is 10.5. The monoisotopic (exact) mass is 204 g/mol. The van der Waals surface area contributed by atoms with Crippen LogP contribution in [0.25, 0.3) is 0 Å². The molecule has 0 radical (unpaired) electrons. The molecule has 1 aliphatic heterocycles. The van der Waals surface area contributed by atoms with Gasteiger partial charge in [0.05, 0.1) is 25.4 Å². The Morgan fingerprint density at radius 1 is 1.20 bits per heavy atom. The highest BCUT2D eigenvalue weighted by Crippen LogP contribution is 2.11. The summed E-state index contributed by atoms with van der Waals surface area (Å²) >= 11 is 0. The fourth-order valence-electron chi connectivity index (χ4n) is 1.61. The second kappa shape index (κ2) is 5.10. The molecule has 0 bridgehead atoms. The van der Waals surface area contributed by atoms with Crippen LogP contribution in [0.15, 0.2) is 42.5 Å². The summed E-state index contributed by atoms with van der Waals surface area (Å²) in [6.07, 6.45) is 4.49. The maximum Gasteiger partial charge on any atom is 0.0998 e. The smallest absolute Gasteiger partial charge is 0.0998 e. The molecular weight excluding hydrogens is 188 g/mol. The second-order valence-corrected chi connectivity index (χ2v) is 3.77. The van der Waals surface area contributed by atoms with E-state index < -0.39 is 0 Å². The lowest BCUT2D eigenvalue weighted by molar-refractivity contribution is -0.00270. The lowest BCUT2D eigenvalue weighted by atomic mass is 10.2. The predicted octanol–water partition coefficient (Wildman–Crippen LogP) is 2.55. The molecule has 2 heteroatoms. The van der Waals surface area contributed by atoms with Gasteiger partial charge in [0.25, 0.3) is 0 Å². The van der Waals surface area contributed by atoms with Gasteiger partial charge < -0.3 is 9.47 Å². The van der Waals surface area contributed by atoms with Gasteiger partial charge in [0.15, 0.2) is 0 Å². The zero-order valence-electron chi connectivity index (χ0n) is 8.93. The van der Waals surface area contributed by atoms with Crippen LogP contribution in [-0.2, 0) is 16.1 Å². The Bertz CT molecular complexity index is 319. The minimum absolute atomic E-state index is 0.128. The van der Waals surface area contributed by atoms with Gasteiger partial charge in [-0.15, -0.1) is 0 Å². The van der Waals surface area contributed by atoms with Gasteiger partial charge in [-0.05, 0) is 12.5 Å². The minimum Gasteiger partial charge on any atom is -0.374 e. The third-order valence-corrected chi connectivity index (χ3v) is 2.38. The van der Waals surface area contributed by atoms with Crippen molar-refractivity contribution in [3.8, 4) is 0 Å². The lowest BCUT2D eigenvalue weighted by Gasteiger charge is -2.11. The quantitative estimate of drug-likeness (QED) is 0.702. The van der Waals surface area contributed by atoms with Crippen LogP contribution < -0.4 is 0 Å². The van der Waals surface area contributed by atoms with Crippen molar-refractivity contribution in [1.29, 1.82) is 0 Å². The zero-order valence-corrected chi connectivity index (χ0v) is 8.93. The highest BCUT2D eigenvalue weighted by atomic mass is 16.5. The third-order valence-electron chi connectivity index (χ3n) is 2.38. The number of hydrogen-bond acceptors (Lipinski definition) is 2. The van der Waals surface area contributed by atoms with Crippen LogP contribution in [0.1, 0.15) is 12.5 Å². The van der Waals surface area contributed by atoms with Crippen LogP contribution >= 0.6 is 0 Å². The van der Waals surface area contributed by atoms with Gasteiger partial charge in [0.2, 0.25) is 0 Å². The van der Waals surface area contributed by atoms with Crippen LogP contribution in [0.5, 0.6) is 0 Å². The molecule has 0 aliphatic carbocycles. The first kappa shape index (κ1) is 10.4. The summed E-state index contributed by atoms with van der Waals surface area (Å²) in [6, 6.07) is 10.2. The van der Waals surface area contributed by atoms with E-state index in [0.29, 0.717) is 13.2 Å². The van der Waals surface area contributed by atoms with Crippen molar-refractivity contribution >= 4 is 0 Å². The highest BCUT2D eigenvalue weighted by molar-refractivity contribution is 5.13. The SMILES string of the molecule is C[C@H]1C=C[C@@H](COCc2ccccc2)O1.